The number of amides is 1. The van der Waals surface area contributed by atoms with E-state index in [0.717, 1.165) is 21.7 Å². The fourth-order valence-corrected chi connectivity index (χ4v) is 2.08. The van der Waals surface area contributed by atoms with E-state index in [1.807, 2.05) is 29.5 Å². The number of phenols is 1. The first-order chi connectivity index (χ1) is 8.04. The van der Waals surface area contributed by atoms with Crippen molar-refractivity contribution in [3.8, 4) is 5.75 Å². The Hall–Kier alpha value is -0.300. The second-order valence-electron chi connectivity index (χ2n) is 3.87. The second-order valence-corrected chi connectivity index (χ2v) is 5.83. The zero-order chi connectivity index (χ0) is 12.8. The molecular weight excluding hydrogens is 397 g/mol. The van der Waals surface area contributed by atoms with Gasteiger partial charge in [0.15, 0.2) is 0 Å². The van der Waals surface area contributed by atoms with Gasteiger partial charge in [-0.1, -0.05) is 15.9 Å². The normalized spacial score (nSPS) is 12.2. The quantitative estimate of drug-likeness (QED) is 0.577. The molecule has 2 N–H and O–H groups in total. The molecule has 5 heteroatoms. The maximum absolute atomic E-state index is 11.8. The molecule has 3 nitrogen and oxygen atoms in total. The molecular formula is C12H15BrINO2. The summed E-state index contributed by atoms with van der Waals surface area (Å²) in [5, 5.41) is 13.4. The van der Waals surface area contributed by atoms with Crippen LogP contribution in [-0.4, -0.2) is 22.4 Å². The van der Waals surface area contributed by atoms with Gasteiger partial charge in [-0.2, -0.15) is 0 Å². The first-order valence-electron chi connectivity index (χ1n) is 5.40. The summed E-state index contributed by atoms with van der Waals surface area (Å²) in [6.07, 6.45) is 1.97. The zero-order valence-electron chi connectivity index (χ0n) is 9.54. The van der Waals surface area contributed by atoms with Crippen molar-refractivity contribution in [3.63, 3.8) is 0 Å². The van der Waals surface area contributed by atoms with Crippen LogP contribution in [0.2, 0.25) is 0 Å². The van der Waals surface area contributed by atoms with Crippen LogP contribution in [0.5, 0.6) is 5.75 Å². The average Bonchev–Trinajstić information content (AvgIpc) is 2.30. The predicted octanol–water partition coefficient (Wildman–Crippen LogP) is 3.29. The SMILES string of the molecule is CC(CCCBr)NC(=O)c1ccc(I)c(O)c1. The van der Waals surface area contributed by atoms with E-state index in [1.165, 1.54) is 6.07 Å². The Morgan fingerprint density at radius 3 is 2.88 bits per heavy atom. The molecule has 17 heavy (non-hydrogen) atoms. The number of hydrogen-bond donors (Lipinski definition) is 2. The minimum absolute atomic E-state index is 0.140. The molecule has 0 aliphatic carbocycles. The van der Waals surface area contributed by atoms with E-state index >= 15 is 0 Å². The number of alkyl halides is 1. The third-order valence-electron chi connectivity index (χ3n) is 2.36. The Morgan fingerprint density at radius 1 is 1.59 bits per heavy atom. The lowest BCUT2D eigenvalue weighted by molar-refractivity contribution is 0.0938. The largest absolute Gasteiger partial charge is 0.507 e. The van der Waals surface area contributed by atoms with E-state index in [0.29, 0.717) is 5.56 Å². The Kier molecular flexibility index (Phi) is 6.26. The van der Waals surface area contributed by atoms with E-state index in [4.69, 9.17) is 0 Å². The molecule has 1 aromatic carbocycles. The summed E-state index contributed by atoms with van der Waals surface area (Å²) in [7, 11) is 0. The van der Waals surface area contributed by atoms with Gasteiger partial charge in [0.2, 0.25) is 0 Å². The summed E-state index contributed by atoms with van der Waals surface area (Å²) >= 11 is 5.38. The highest BCUT2D eigenvalue weighted by Gasteiger charge is 2.10. The molecule has 1 rings (SSSR count). The number of aromatic hydroxyl groups is 1. The van der Waals surface area contributed by atoms with Gasteiger partial charge in [0.1, 0.15) is 5.75 Å². The van der Waals surface area contributed by atoms with Crippen molar-refractivity contribution in [2.24, 2.45) is 0 Å². The molecule has 0 saturated carbocycles. The molecule has 0 aromatic heterocycles. The standard InChI is InChI=1S/C12H15BrINO2/c1-8(3-2-6-13)15-12(17)9-4-5-10(14)11(16)7-9/h4-5,7-8,16H,2-3,6H2,1H3,(H,15,17). The van der Waals surface area contributed by atoms with Crippen molar-refractivity contribution in [1.82, 2.24) is 5.32 Å². The number of hydrogen-bond acceptors (Lipinski definition) is 2. The summed E-state index contributed by atoms with van der Waals surface area (Å²) in [5.41, 5.74) is 0.494. The molecule has 94 valence electrons. The van der Waals surface area contributed by atoms with Crippen molar-refractivity contribution >= 4 is 44.4 Å². The third kappa shape index (κ3) is 4.83. The highest BCUT2D eigenvalue weighted by molar-refractivity contribution is 14.1. The Morgan fingerprint density at radius 2 is 2.29 bits per heavy atom. The maximum atomic E-state index is 11.8. The van der Waals surface area contributed by atoms with E-state index in [9.17, 15) is 9.90 Å². The van der Waals surface area contributed by atoms with Crippen LogP contribution in [0.25, 0.3) is 0 Å². The summed E-state index contributed by atoms with van der Waals surface area (Å²) in [5.74, 6) is 0.00475. The lowest BCUT2D eigenvalue weighted by Gasteiger charge is -2.13. The second kappa shape index (κ2) is 7.20. The lowest BCUT2D eigenvalue weighted by atomic mass is 10.1. The molecule has 0 heterocycles. The fourth-order valence-electron chi connectivity index (χ4n) is 1.42. The van der Waals surface area contributed by atoms with Crippen LogP contribution in [0, 0.1) is 3.57 Å². The summed E-state index contributed by atoms with van der Waals surface area (Å²) < 4.78 is 0.742. The van der Waals surface area contributed by atoms with E-state index in [2.05, 4.69) is 21.2 Å². The molecule has 0 fully saturated rings. The molecule has 1 aromatic rings. The summed E-state index contributed by atoms with van der Waals surface area (Å²) in [6, 6.07) is 5.08. The topological polar surface area (TPSA) is 49.3 Å². The average molecular weight is 412 g/mol. The molecule has 0 aliphatic rings. The van der Waals surface area contributed by atoms with Gasteiger partial charge in [-0.25, -0.2) is 0 Å². The molecule has 1 atom stereocenters. The number of carbonyl (C=O) groups excluding carboxylic acids is 1. The molecule has 0 radical (unpaired) electrons. The van der Waals surface area contributed by atoms with Gasteiger partial charge >= 0.3 is 0 Å². The molecule has 1 unspecified atom stereocenters. The molecule has 0 saturated heterocycles. The highest BCUT2D eigenvalue weighted by atomic mass is 127. The first kappa shape index (κ1) is 14.8. The number of benzene rings is 1. The predicted molar refractivity (Wildman–Crippen MR) is 80.8 cm³/mol. The van der Waals surface area contributed by atoms with Crippen LogP contribution in [0.15, 0.2) is 18.2 Å². The zero-order valence-corrected chi connectivity index (χ0v) is 13.3. The van der Waals surface area contributed by atoms with Gasteiger partial charge in [0, 0.05) is 16.9 Å². The van der Waals surface area contributed by atoms with Crippen LogP contribution in [-0.2, 0) is 0 Å². The van der Waals surface area contributed by atoms with Crippen molar-refractivity contribution in [2.75, 3.05) is 5.33 Å². The number of nitrogens with one attached hydrogen (secondary N) is 1. The van der Waals surface area contributed by atoms with Crippen molar-refractivity contribution in [1.29, 1.82) is 0 Å². The number of carbonyl (C=O) groups is 1. The van der Waals surface area contributed by atoms with Crippen LogP contribution in [0.4, 0.5) is 0 Å². The number of halogens is 2. The van der Waals surface area contributed by atoms with Gasteiger partial charge in [0.05, 0.1) is 3.57 Å². The molecule has 0 spiro atoms. The lowest BCUT2D eigenvalue weighted by Crippen LogP contribution is -2.32. The summed E-state index contributed by atoms with van der Waals surface area (Å²) in [6.45, 7) is 1.98. The number of phenolic OH excluding ortho intramolecular Hbond substituents is 1. The van der Waals surface area contributed by atoms with Gasteiger partial charge in [-0.3, -0.25) is 4.79 Å². The minimum atomic E-state index is -0.140. The third-order valence-corrected chi connectivity index (χ3v) is 3.83. The van der Waals surface area contributed by atoms with Crippen LogP contribution >= 0.6 is 38.5 Å². The smallest absolute Gasteiger partial charge is 0.251 e. The van der Waals surface area contributed by atoms with E-state index in [1.54, 1.807) is 12.1 Å². The van der Waals surface area contributed by atoms with Crippen molar-refractivity contribution in [3.05, 3.63) is 27.3 Å². The van der Waals surface area contributed by atoms with Gasteiger partial charge in [-0.15, -0.1) is 0 Å². The molecule has 0 bridgehead atoms. The van der Waals surface area contributed by atoms with Crippen molar-refractivity contribution < 1.29 is 9.90 Å². The van der Waals surface area contributed by atoms with Gasteiger partial charge in [-0.05, 0) is 60.6 Å². The van der Waals surface area contributed by atoms with Crippen LogP contribution in [0.1, 0.15) is 30.1 Å². The van der Waals surface area contributed by atoms with Gasteiger partial charge in [0.25, 0.3) is 5.91 Å². The summed E-state index contributed by atoms with van der Waals surface area (Å²) in [4.78, 5) is 11.8. The number of rotatable bonds is 5. The Labute approximate surface area is 123 Å². The Balaban J connectivity index is 2.60. The van der Waals surface area contributed by atoms with Crippen LogP contribution < -0.4 is 5.32 Å². The maximum Gasteiger partial charge on any atom is 0.251 e. The van der Waals surface area contributed by atoms with E-state index in [-0.39, 0.29) is 17.7 Å². The minimum Gasteiger partial charge on any atom is -0.507 e. The molecule has 1 amide bonds. The fraction of sp³-hybridized carbons (Fsp3) is 0.417. The molecule has 0 aliphatic heterocycles. The van der Waals surface area contributed by atoms with E-state index < -0.39 is 0 Å². The highest BCUT2D eigenvalue weighted by Crippen LogP contribution is 2.20. The monoisotopic (exact) mass is 411 g/mol. The first-order valence-corrected chi connectivity index (χ1v) is 7.60. The van der Waals surface area contributed by atoms with Gasteiger partial charge < -0.3 is 10.4 Å². The van der Waals surface area contributed by atoms with Crippen molar-refractivity contribution in [2.45, 2.75) is 25.8 Å². The Bertz CT molecular complexity index is 398. The van der Waals surface area contributed by atoms with Crippen LogP contribution in [0.3, 0.4) is 0 Å².